The van der Waals surface area contributed by atoms with Crippen LogP contribution in [0, 0.1) is 0 Å². The van der Waals surface area contributed by atoms with Crippen molar-refractivity contribution in [2.45, 2.75) is 19.3 Å². The van der Waals surface area contributed by atoms with Gasteiger partial charge in [-0.15, -0.1) is 13.2 Å². The lowest BCUT2D eigenvalue weighted by Crippen LogP contribution is -2.31. The van der Waals surface area contributed by atoms with Crippen LogP contribution in [0.3, 0.4) is 0 Å². The first kappa shape index (κ1) is 28.7. The molecule has 10 heteroatoms. The second kappa shape index (κ2) is 22.4. The lowest BCUT2D eigenvalue weighted by atomic mass is 10.3. The van der Waals surface area contributed by atoms with Gasteiger partial charge in [0.05, 0.1) is 39.6 Å². The van der Waals surface area contributed by atoms with Gasteiger partial charge in [-0.1, -0.05) is 12.2 Å². The van der Waals surface area contributed by atoms with Crippen molar-refractivity contribution in [2.75, 3.05) is 72.5 Å². The van der Waals surface area contributed by atoms with Crippen molar-refractivity contribution in [3.63, 3.8) is 0 Å². The van der Waals surface area contributed by atoms with Crippen molar-refractivity contribution < 1.29 is 33.3 Å². The Hall–Kier alpha value is -2.27. The molecular weight excluding hydrogens is 406 g/mol. The number of hydrogen-bond donors (Lipinski definition) is 3. The van der Waals surface area contributed by atoms with Crippen LogP contribution in [0.25, 0.3) is 0 Å². The molecule has 0 saturated carbocycles. The van der Waals surface area contributed by atoms with Gasteiger partial charge in [0.25, 0.3) is 0 Å². The normalized spacial score (nSPS) is 10.3. The molecule has 0 aromatic carbocycles. The summed E-state index contributed by atoms with van der Waals surface area (Å²) in [6.45, 7) is 10.4. The van der Waals surface area contributed by atoms with Crippen LogP contribution >= 0.6 is 0 Å². The number of unbranched alkanes of at least 4 members (excludes halogenated alkanes) is 1. The summed E-state index contributed by atoms with van der Waals surface area (Å²) in [6.07, 6.45) is 5.36. The van der Waals surface area contributed by atoms with Crippen molar-refractivity contribution in [3.05, 3.63) is 25.3 Å². The van der Waals surface area contributed by atoms with Crippen molar-refractivity contribution >= 4 is 17.7 Å². The number of rotatable bonds is 22. The highest BCUT2D eigenvalue weighted by Crippen LogP contribution is 1.87. The maximum Gasteiger partial charge on any atom is 0.246 e. The second-order valence-corrected chi connectivity index (χ2v) is 6.30. The summed E-state index contributed by atoms with van der Waals surface area (Å²) in [6, 6.07) is 0. The largest absolute Gasteiger partial charge is 0.377 e. The van der Waals surface area contributed by atoms with Crippen LogP contribution < -0.4 is 16.0 Å². The van der Waals surface area contributed by atoms with E-state index in [2.05, 4.69) is 29.1 Å². The van der Waals surface area contributed by atoms with E-state index in [1.54, 1.807) is 0 Å². The number of hydrogen-bond acceptors (Lipinski definition) is 7. The molecule has 0 heterocycles. The van der Waals surface area contributed by atoms with Crippen molar-refractivity contribution in [1.29, 1.82) is 0 Å². The number of carbonyl (C=O) groups excluding carboxylic acids is 3. The Morgan fingerprint density at radius 2 is 1.10 bits per heavy atom. The van der Waals surface area contributed by atoms with E-state index in [4.69, 9.17) is 18.9 Å². The summed E-state index contributed by atoms with van der Waals surface area (Å²) in [7, 11) is 0. The van der Waals surface area contributed by atoms with E-state index in [1.165, 1.54) is 6.08 Å². The van der Waals surface area contributed by atoms with Gasteiger partial charge in [-0.3, -0.25) is 14.4 Å². The van der Waals surface area contributed by atoms with Crippen LogP contribution in [0.1, 0.15) is 19.3 Å². The minimum absolute atomic E-state index is 0.000808. The van der Waals surface area contributed by atoms with Gasteiger partial charge in [-0.05, 0) is 12.8 Å². The fraction of sp³-hybridized carbons (Fsp3) is 0.667. The van der Waals surface area contributed by atoms with Gasteiger partial charge in [0.15, 0.2) is 0 Å². The number of amides is 3. The third-order valence-electron chi connectivity index (χ3n) is 3.58. The number of ether oxygens (including phenoxy) is 4. The third kappa shape index (κ3) is 22.2. The summed E-state index contributed by atoms with van der Waals surface area (Å²) in [5.41, 5.74) is 0. The molecule has 178 valence electrons. The summed E-state index contributed by atoms with van der Waals surface area (Å²) in [5.74, 6) is -0.498. The molecule has 0 atom stereocenters. The Labute approximate surface area is 184 Å². The van der Waals surface area contributed by atoms with Crippen LogP contribution in [0.4, 0.5) is 0 Å². The van der Waals surface area contributed by atoms with Gasteiger partial charge in [0.2, 0.25) is 17.7 Å². The summed E-state index contributed by atoms with van der Waals surface area (Å²) >= 11 is 0. The lowest BCUT2D eigenvalue weighted by molar-refractivity contribution is -0.127. The minimum Gasteiger partial charge on any atom is -0.377 e. The van der Waals surface area contributed by atoms with Crippen molar-refractivity contribution in [3.8, 4) is 0 Å². The second-order valence-electron chi connectivity index (χ2n) is 6.30. The van der Waals surface area contributed by atoms with Crippen LogP contribution in [0.15, 0.2) is 25.3 Å². The summed E-state index contributed by atoms with van der Waals surface area (Å²) < 4.78 is 21.0. The van der Waals surface area contributed by atoms with Gasteiger partial charge >= 0.3 is 0 Å². The Morgan fingerprint density at radius 3 is 1.61 bits per heavy atom. The van der Waals surface area contributed by atoms with Crippen LogP contribution in [0.2, 0.25) is 0 Å². The summed E-state index contributed by atoms with van der Waals surface area (Å²) in [5, 5.41) is 8.08. The molecule has 0 radical (unpaired) electrons. The Balaban J connectivity index is 3.31. The first-order valence-electron chi connectivity index (χ1n) is 10.4. The van der Waals surface area contributed by atoms with Crippen LogP contribution in [0.5, 0.6) is 0 Å². The summed E-state index contributed by atoms with van der Waals surface area (Å²) in [4.78, 5) is 34.2. The molecule has 0 aliphatic carbocycles. The highest BCUT2D eigenvalue weighted by Gasteiger charge is 2.02. The molecule has 0 aliphatic heterocycles. The van der Waals surface area contributed by atoms with E-state index in [0.29, 0.717) is 52.7 Å². The Morgan fingerprint density at radius 1 is 0.613 bits per heavy atom. The highest BCUT2D eigenvalue weighted by atomic mass is 16.5. The predicted molar refractivity (Wildman–Crippen MR) is 117 cm³/mol. The molecule has 0 fully saturated rings. The lowest BCUT2D eigenvalue weighted by Gasteiger charge is -2.08. The molecular formula is C21H37N3O7. The van der Waals surface area contributed by atoms with Crippen LogP contribution in [-0.2, 0) is 33.3 Å². The molecule has 0 aromatic heterocycles. The molecule has 0 rings (SSSR count). The number of nitrogens with one attached hydrogen (secondary N) is 3. The molecule has 0 spiro atoms. The fourth-order valence-corrected chi connectivity index (χ4v) is 2.07. The molecule has 0 unspecified atom stereocenters. The number of allylic oxidation sites excluding steroid dienone is 1. The van der Waals surface area contributed by atoms with E-state index in [0.717, 1.165) is 12.8 Å². The third-order valence-corrected chi connectivity index (χ3v) is 3.58. The molecule has 10 nitrogen and oxygen atoms in total. The predicted octanol–water partition coefficient (Wildman–Crippen LogP) is -0.0563. The molecule has 0 aromatic rings. The van der Waals surface area contributed by atoms with Crippen molar-refractivity contribution in [2.24, 2.45) is 0 Å². The average molecular weight is 444 g/mol. The maximum atomic E-state index is 11.6. The zero-order valence-electron chi connectivity index (χ0n) is 18.3. The van der Waals surface area contributed by atoms with E-state index >= 15 is 0 Å². The monoisotopic (exact) mass is 443 g/mol. The topological polar surface area (TPSA) is 124 Å². The van der Waals surface area contributed by atoms with Gasteiger partial charge in [0, 0.05) is 26.1 Å². The highest BCUT2D eigenvalue weighted by molar-refractivity contribution is 5.77. The zero-order chi connectivity index (χ0) is 23.0. The average Bonchev–Trinajstić information content (AvgIpc) is 2.75. The zero-order valence-corrected chi connectivity index (χ0v) is 18.3. The minimum atomic E-state index is -0.246. The van der Waals surface area contributed by atoms with Crippen molar-refractivity contribution in [1.82, 2.24) is 16.0 Å². The molecule has 3 amide bonds. The molecule has 0 bridgehead atoms. The first-order valence-corrected chi connectivity index (χ1v) is 10.4. The fourth-order valence-electron chi connectivity index (χ4n) is 2.07. The SMILES string of the molecule is C=CCCCNC(=O)COCCOCCNC(=O)COCCOCCNC(=O)CC=C. The molecule has 3 N–H and O–H groups in total. The van der Waals surface area contributed by atoms with E-state index in [9.17, 15) is 14.4 Å². The van der Waals surface area contributed by atoms with E-state index in [-0.39, 0.29) is 44.0 Å². The van der Waals surface area contributed by atoms with Gasteiger partial charge in [0.1, 0.15) is 13.2 Å². The molecule has 0 aliphatic rings. The van der Waals surface area contributed by atoms with E-state index < -0.39 is 0 Å². The van der Waals surface area contributed by atoms with Gasteiger partial charge in [-0.2, -0.15) is 0 Å². The standard InChI is InChI=1S/C21H37N3O7/c1-3-5-6-8-22-20(26)17-30-15-14-29-12-10-24-21(27)18-31-16-13-28-11-9-23-19(25)7-4-2/h3-4H,1-2,5-18H2,(H,22,26)(H,23,25)(H,24,27). The van der Waals surface area contributed by atoms with Gasteiger partial charge < -0.3 is 34.9 Å². The Bertz CT molecular complexity index is 515. The van der Waals surface area contributed by atoms with E-state index in [1.807, 2.05) is 6.08 Å². The van der Waals surface area contributed by atoms with Crippen LogP contribution in [-0.4, -0.2) is 90.2 Å². The molecule has 31 heavy (non-hydrogen) atoms. The smallest absolute Gasteiger partial charge is 0.246 e. The quantitative estimate of drug-likeness (QED) is 0.158. The van der Waals surface area contributed by atoms with Gasteiger partial charge in [-0.25, -0.2) is 0 Å². The number of carbonyl (C=O) groups is 3. The Kier molecular flexibility index (Phi) is 20.8. The maximum absolute atomic E-state index is 11.6. The first-order chi connectivity index (χ1) is 15.1. The molecule has 0 saturated heterocycles.